The summed E-state index contributed by atoms with van der Waals surface area (Å²) in [5, 5.41) is 11.3. The zero-order valence-corrected chi connectivity index (χ0v) is 10.7. The third-order valence-electron chi connectivity index (χ3n) is 2.48. The van der Waals surface area contributed by atoms with Crippen LogP contribution in [0, 0.1) is 0 Å². The minimum atomic E-state index is -1.10. The van der Waals surface area contributed by atoms with Crippen molar-refractivity contribution < 1.29 is 19.5 Å². The molecule has 1 heterocycles. The Morgan fingerprint density at radius 2 is 1.89 bits per heavy atom. The Labute approximate surface area is 111 Å². The van der Waals surface area contributed by atoms with Gasteiger partial charge in [0, 0.05) is 4.47 Å². The Bertz CT molecular complexity index is 528. The number of imide groups is 1. The molecule has 2 rings (SSSR count). The molecule has 2 amide bonds. The number of carboxylic acids is 1. The van der Waals surface area contributed by atoms with Crippen molar-refractivity contribution in [1.29, 1.82) is 0 Å². The Kier molecular flexibility index (Phi) is 3.33. The number of anilines is 1. The summed E-state index contributed by atoms with van der Waals surface area (Å²) >= 11 is 3.24. The van der Waals surface area contributed by atoms with E-state index in [9.17, 15) is 14.4 Å². The number of carbonyl (C=O) groups excluding carboxylic acids is 2. The van der Waals surface area contributed by atoms with Crippen LogP contribution < -0.4 is 10.2 Å². The molecule has 1 aliphatic heterocycles. The summed E-state index contributed by atoms with van der Waals surface area (Å²) in [6, 6.07) is 4.60. The average molecular weight is 313 g/mol. The van der Waals surface area contributed by atoms with Crippen LogP contribution >= 0.6 is 15.9 Å². The molecule has 18 heavy (non-hydrogen) atoms. The largest absolute Gasteiger partial charge is 0.478 e. The Hall–Kier alpha value is -1.89. The van der Waals surface area contributed by atoms with E-state index < -0.39 is 17.8 Å². The van der Waals surface area contributed by atoms with Gasteiger partial charge in [0.2, 0.25) is 11.8 Å². The number of carboxylic acid groups (broad SMARTS) is 1. The summed E-state index contributed by atoms with van der Waals surface area (Å²) in [7, 11) is 0. The number of carbonyl (C=O) groups is 3. The van der Waals surface area contributed by atoms with Gasteiger partial charge < -0.3 is 10.0 Å². The topological polar surface area (TPSA) is 86.7 Å². The highest BCUT2D eigenvalue weighted by Gasteiger charge is 2.25. The van der Waals surface area contributed by atoms with Crippen molar-refractivity contribution in [2.24, 2.45) is 0 Å². The molecule has 0 saturated carbocycles. The molecule has 94 valence electrons. The first kappa shape index (κ1) is 12.6. The minimum absolute atomic E-state index is 0.0392. The first-order valence-corrected chi connectivity index (χ1v) is 5.87. The Morgan fingerprint density at radius 1 is 1.28 bits per heavy atom. The molecule has 1 saturated heterocycles. The number of halogens is 1. The standard InChI is InChI=1S/C11H9BrN2O4/c12-6-1-2-7(11(17)18)8(3-6)14-4-9(15)13-10(16)5-14/h1-3H,4-5H2,(H,17,18)(H,13,15,16). The second-order valence-corrected chi connectivity index (χ2v) is 4.71. The van der Waals surface area contributed by atoms with E-state index >= 15 is 0 Å². The number of amides is 2. The van der Waals surface area contributed by atoms with Gasteiger partial charge in [-0.2, -0.15) is 0 Å². The number of hydrogen-bond acceptors (Lipinski definition) is 4. The summed E-state index contributed by atoms with van der Waals surface area (Å²) in [6.07, 6.45) is 0. The highest BCUT2D eigenvalue weighted by Crippen LogP contribution is 2.25. The number of aromatic carboxylic acids is 1. The van der Waals surface area contributed by atoms with Crippen LogP contribution in [0.25, 0.3) is 0 Å². The summed E-state index contributed by atoms with van der Waals surface area (Å²) in [5.41, 5.74) is 0.403. The number of rotatable bonds is 2. The summed E-state index contributed by atoms with van der Waals surface area (Å²) in [4.78, 5) is 35.1. The zero-order chi connectivity index (χ0) is 13.3. The van der Waals surface area contributed by atoms with Crippen molar-refractivity contribution in [2.45, 2.75) is 0 Å². The molecule has 1 aromatic rings. The lowest BCUT2D eigenvalue weighted by Gasteiger charge is -2.28. The quantitative estimate of drug-likeness (QED) is 0.781. The Balaban J connectivity index is 2.42. The third kappa shape index (κ3) is 2.51. The molecule has 0 aromatic heterocycles. The molecule has 1 aromatic carbocycles. The van der Waals surface area contributed by atoms with Crippen molar-refractivity contribution in [1.82, 2.24) is 5.32 Å². The van der Waals surface area contributed by atoms with Crippen LogP contribution in [-0.2, 0) is 9.59 Å². The first-order valence-electron chi connectivity index (χ1n) is 5.08. The van der Waals surface area contributed by atoms with Crippen molar-refractivity contribution in [3.63, 3.8) is 0 Å². The molecule has 0 aliphatic carbocycles. The number of nitrogens with one attached hydrogen (secondary N) is 1. The van der Waals surface area contributed by atoms with Crippen LogP contribution in [-0.4, -0.2) is 36.0 Å². The lowest BCUT2D eigenvalue weighted by Crippen LogP contribution is -2.51. The van der Waals surface area contributed by atoms with Crippen molar-refractivity contribution >= 4 is 39.4 Å². The highest BCUT2D eigenvalue weighted by atomic mass is 79.9. The van der Waals surface area contributed by atoms with Gasteiger partial charge in [-0.25, -0.2) is 4.79 Å². The molecular weight excluding hydrogens is 304 g/mol. The molecule has 0 bridgehead atoms. The minimum Gasteiger partial charge on any atom is -0.478 e. The number of benzene rings is 1. The molecule has 0 atom stereocenters. The van der Waals surface area contributed by atoms with Crippen molar-refractivity contribution in [2.75, 3.05) is 18.0 Å². The smallest absolute Gasteiger partial charge is 0.337 e. The van der Waals surface area contributed by atoms with Crippen LogP contribution in [0.3, 0.4) is 0 Å². The van der Waals surface area contributed by atoms with Crippen molar-refractivity contribution in [3.05, 3.63) is 28.2 Å². The number of hydrogen-bond donors (Lipinski definition) is 2. The molecule has 1 fully saturated rings. The van der Waals surface area contributed by atoms with Gasteiger partial charge in [-0.05, 0) is 18.2 Å². The van der Waals surface area contributed by atoms with Gasteiger partial charge in [0.25, 0.3) is 0 Å². The van der Waals surface area contributed by atoms with Gasteiger partial charge in [0.05, 0.1) is 24.3 Å². The maximum Gasteiger partial charge on any atom is 0.337 e. The average Bonchev–Trinajstić information content (AvgIpc) is 2.27. The molecule has 0 unspecified atom stereocenters. The SMILES string of the molecule is O=C1CN(c2cc(Br)ccc2C(=O)O)CC(=O)N1. The molecule has 7 heteroatoms. The van der Waals surface area contributed by atoms with E-state index in [0.29, 0.717) is 10.2 Å². The highest BCUT2D eigenvalue weighted by molar-refractivity contribution is 9.10. The van der Waals surface area contributed by atoms with Gasteiger partial charge >= 0.3 is 5.97 Å². The molecular formula is C11H9BrN2O4. The number of piperazine rings is 1. The molecule has 2 N–H and O–H groups in total. The van der Waals surface area contributed by atoms with E-state index in [4.69, 9.17) is 5.11 Å². The van der Waals surface area contributed by atoms with Crippen molar-refractivity contribution in [3.8, 4) is 0 Å². The molecule has 0 spiro atoms. The number of nitrogens with zero attached hydrogens (tertiary/aromatic N) is 1. The van der Waals surface area contributed by atoms with Crippen LogP contribution in [0.15, 0.2) is 22.7 Å². The van der Waals surface area contributed by atoms with E-state index in [1.54, 1.807) is 12.1 Å². The van der Waals surface area contributed by atoms with Gasteiger partial charge in [-0.15, -0.1) is 0 Å². The normalized spacial score (nSPS) is 15.5. The van der Waals surface area contributed by atoms with Gasteiger partial charge in [-0.1, -0.05) is 15.9 Å². The fourth-order valence-corrected chi connectivity index (χ4v) is 2.10. The fraction of sp³-hybridized carbons (Fsp3) is 0.182. The maximum absolute atomic E-state index is 11.3. The van der Waals surface area contributed by atoms with E-state index in [0.717, 1.165) is 0 Å². The summed E-state index contributed by atoms with van der Waals surface area (Å²) in [5.74, 6) is -1.99. The zero-order valence-electron chi connectivity index (χ0n) is 9.14. The summed E-state index contributed by atoms with van der Waals surface area (Å²) in [6.45, 7) is -0.0784. The second kappa shape index (κ2) is 4.77. The van der Waals surface area contributed by atoms with Gasteiger partial charge in [0.1, 0.15) is 0 Å². The maximum atomic E-state index is 11.3. The predicted molar refractivity (Wildman–Crippen MR) is 66.5 cm³/mol. The molecule has 0 radical (unpaired) electrons. The van der Waals surface area contributed by atoms with E-state index in [-0.39, 0.29) is 18.7 Å². The van der Waals surface area contributed by atoms with Crippen LogP contribution in [0.1, 0.15) is 10.4 Å². The van der Waals surface area contributed by atoms with Crippen LogP contribution in [0.2, 0.25) is 0 Å². The molecule has 6 nitrogen and oxygen atoms in total. The monoisotopic (exact) mass is 312 g/mol. The predicted octanol–water partition coefficient (Wildman–Crippen LogP) is 0.610. The van der Waals surface area contributed by atoms with Crippen LogP contribution in [0.4, 0.5) is 5.69 Å². The van der Waals surface area contributed by atoms with Crippen LogP contribution in [0.5, 0.6) is 0 Å². The van der Waals surface area contributed by atoms with E-state index in [1.807, 2.05) is 0 Å². The molecule has 1 aliphatic rings. The first-order chi connectivity index (χ1) is 8.47. The summed E-state index contributed by atoms with van der Waals surface area (Å²) < 4.78 is 0.681. The Morgan fingerprint density at radius 3 is 2.44 bits per heavy atom. The van der Waals surface area contributed by atoms with E-state index in [1.165, 1.54) is 11.0 Å². The lowest BCUT2D eigenvalue weighted by atomic mass is 10.1. The van der Waals surface area contributed by atoms with Gasteiger partial charge in [-0.3, -0.25) is 14.9 Å². The lowest BCUT2D eigenvalue weighted by molar-refractivity contribution is -0.130. The second-order valence-electron chi connectivity index (χ2n) is 3.79. The van der Waals surface area contributed by atoms with E-state index in [2.05, 4.69) is 21.2 Å². The fourth-order valence-electron chi connectivity index (χ4n) is 1.75. The third-order valence-corrected chi connectivity index (χ3v) is 2.97. The van der Waals surface area contributed by atoms with Gasteiger partial charge in [0.15, 0.2) is 0 Å².